The normalized spacial score (nSPS) is 11.9. The van der Waals surface area contributed by atoms with Crippen LogP contribution in [0.15, 0.2) is 71.6 Å². The molecule has 3 rings (SSSR count). The van der Waals surface area contributed by atoms with Gasteiger partial charge in [-0.3, -0.25) is 13.9 Å². The van der Waals surface area contributed by atoms with E-state index in [1.807, 2.05) is 6.92 Å². The number of hydrogen-bond acceptors (Lipinski definition) is 6. The van der Waals surface area contributed by atoms with Crippen LogP contribution in [0.1, 0.15) is 32.3 Å². The van der Waals surface area contributed by atoms with Crippen molar-refractivity contribution in [1.82, 2.24) is 10.2 Å². The SMILES string of the molecule is CCCCNC(=O)C(C)N(Cc1ccc(Cl)cc1)C(=O)CN(c1ccc(F)cc1)S(=O)(=O)c1ccc(OC)c(OC)c1. The van der Waals surface area contributed by atoms with Crippen molar-refractivity contribution in [2.45, 2.75) is 44.2 Å². The molecular weight excluding hydrogens is 585 g/mol. The summed E-state index contributed by atoms with van der Waals surface area (Å²) in [5, 5.41) is 3.34. The van der Waals surface area contributed by atoms with Crippen molar-refractivity contribution >= 4 is 39.1 Å². The van der Waals surface area contributed by atoms with Gasteiger partial charge in [-0.1, -0.05) is 37.1 Å². The summed E-state index contributed by atoms with van der Waals surface area (Å²) in [6.07, 6.45) is 1.65. The van der Waals surface area contributed by atoms with Crippen molar-refractivity contribution in [3.63, 3.8) is 0 Å². The van der Waals surface area contributed by atoms with Crippen molar-refractivity contribution in [2.75, 3.05) is 31.6 Å². The third-order valence-corrected chi connectivity index (χ3v) is 8.62. The molecule has 0 aliphatic rings. The van der Waals surface area contributed by atoms with E-state index in [0.29, 0.717) is 22.9 Å². The van der Waals surface area contributed by atoms with E-state index in [9.17, 15) is 22.4 Å². The summed E-state index contributed by atoms with van der Waals surface area (Å²) < 4.78 is 53.2. The maximum atomic E-state index is 14.0. The first-order valence-electron chi connectivity index (χ1n) is 13.3. The number of anilines is 1. The fourth-order valence-electron chi connectivity index (χ4n) is 4.15. The van der Waals surface area contributed by atoms with Crippen molar-refractivity contribution in [2.24, 2.45) is 0 Å². The number of methoxy groups -OCH3 is 2. The summed E-state index contributed by atoms with van der Waals surface area (Å²) in [6.45, 7) is 3.38. The zero-order valence-electron chi connectivity index (χ0n) is 24.0. The van der Waals surface area contributed by atoms with Gasteiger partial charge >= 0.3 is 0 Å². The molecule has 3 aromatic rings. The van der Waals surface area contributed by atoms with Crippen LogP contribution in [0.3, 0.4) is 0 Å². The van der Waals surface area contributed by atoms with Crippen LogP contribution in [0.5, 0.6) is 11.5 Å². The quantitative estimate of drug-likeness (QED) is 0.254. The van der Waals surface area contributed by atoms with Crippen LogP contribution in [0.25, 0.3) is 0 Å². The molecule has 12 heteroatoms. The van der Waals surface area contributed by atoms with E-state index in [0.717, 1.165) is 29.3 Å². The van der Waals surface area contributed by atoms with Gasteiger partial charge < -0.3 is 19.7 Å². The number of hydrogen-bond donors (Lipinski definition) is 1. The molecule has 0 bridgehead atoms. The number of carbonyl (C=O) groups excluding carboxylic acids is 2. The minimum atomic E-state index is -4.39. The number of nitrogens with zero attached hydrogens (tertiary/aromatic N) is 2. The van der Waals surface area contributed by atoms with Crippen molar-refractivity contribution in [3.05, 3.63) is 83.1 Å². The second-order valence-corrected chi connectivity index (χ2v) is 11.8. The van der Waals surface area contributed by atoms with Gasteiger partial charge in [0.05, 0.1) is 24.8 Å². The third-order valence-electron chi connectivity index (χ3n) is 6.60. The topological polar surface area (TPSA) is 105 Å². The van der Waals surface area contributed by atoms with Gasteiger partial charge in [0.1, 0.15) is 18.4 Å². The summed E-state index contributed by atoms with van der Waals surface area (Å²) in [4.78, 5) is 28.1. The second kappa shape index (κ2) is 14.9. The number of rotatable bonds is 14. The van der Waals surface area contributed by atoms with E-state index in [-0.39, 0.29) is 28.8 Å². The number of amides is 2. The number of nitrogens with one attached hydrogen (secondary N) is 1. The molecule has 0 aliphatic heterocycles. The smallest absolute Gasteiger partial charge is 0.264 e. The Morgan fingerprint density at radius 1 is 0.976 bits per heavy atom. The number of sulfonamides is 1. The van der Waals surface area contributed by atoms with Gasteiger partial charge in [0.25, 0.3) is 10.0 Å². The predicted molar refractivity (Wildman–Crippen MR) is 160 cm³/mol. The molecule has 42 heavy (non-hydrogen) atoms. The summed E-state index contributed by atoms with van der Waals surface area (Å²) in [7, 11) is -1.59. The van der Waals surface area contributed by atoms with E-state index < -0.39 is 34.3 Å². The van der Waals surface area contributed by atoms with Crippen molar-refractivity contribution in [1.29, 1.82) is 0 Å². The van der Waals surface area contributed by atoms with E-state index >= 15 is 0 Å². The average Bonchev–Trinajstić information content (AvgIpc) is 2.99. The highest BCUT2D eigenvalue weighted by molar-refractivity contribution is 7.92. The van der Waals surface area contributed by atoms with Crippen molar-refractivity contribution in [3.8, 4) is 11.5 Å². The van der Waals surface area contributed by atoms with Gasteiger partial charge in [-0.15, -0.1) is 0 Å². The molecule has 0 saturated carbocycles. The second-order valence-electron chi connectivity index (χ2n) is 9.47. The van der Waals surface area contributed by atoms with Crippen LogP contribution in [0.4, 0.5) is 10.1 Å². The Morgan fingerprint density at radius 2 is 1.62 bits per heavy atom. The first kappa shape index (κ1) is 32.7. The highest BCUT2D eigenvalue weighted by atomic mass is 35.5. The molecule has 1 atom stereocenters. The molecule has 0 radical (unpaired) electrons. The lowest BCUT2D eigenvalue weighted by atomic mass is 10.1. The summed E-state index contributed by atoms with van der Waals surface area (Å²) in [5.41, 5.74) is 0.753. The Bertz CT molecular complexity index is 1470. The molecule has 3 aromatic carbocycles. The summed E-state index contributed by atoms with van der Waals surface area (Å²) in [6, 6.07) is 14.6. The molecule has 226 valence electrons. The van der Waals surface area contributed by atoms with Crippen LogP contribution in [0.2, 0.25) is 5.02 Å². The molecule has 1 N–H and O–H groups in total. The van der Waals surface area contributed by atoms with Crippen LogP contribution in [-0.2, 0) is 26.2 Å². The third kappa shape index (κ3) is 8.13. The largest absolute Gasteiger partial charge is 0.493 e. The first-order chi connectivity index (χ1) is 20.0. The Labute approximate surface area is 251 Å². The number of benzene rings is 3. The highest BCUT2D eigenvalue weighted by Crippen LogP contribution is 2.32. The van der Waals surface area contributed by atoms with Crippen LogP contribution in [0, 0.1) is 5.82 Å². The van der Waals surface area contributed by atoms with Crippen LogP contribution >= 0.6 is 11.6 Å². The Morgan fingerprint density at radius 3 is 2.21 bits per heavy atom. The number of carbonyl (C=O) groups is 2. The average molecular weight is 620 g/mol. The van der Waals surface area contributed by atoms with Crippen LogP contribution in [-0.4, -0.2) is 58.5 Å². The van der Waals surface area contributed by atoms with Gasteiger partial charge in [-0.05, 0) is 67.4 Å². The summed E-state index contributed by atoms with van der Waals surface area (Å²) >= 11 is 6.03. The standard InChI is InChI=1S/C30H35ClFN3O6S/c1-5-6-17-33-30(37)21(2)34(19-22-7-9-23(31)10-8-22)29(36)20-35(25-13-11-24(32)12-14-25)42(38,39)26-15-16-27(40-3)28(18-26)41-4/h7-16,18,21H,5-6,17,19-20H2,1-4H3,(H,33,37). The number of halogens is 2. The molecule has 0 aliphatic carbocycles. The fraction of sp³-hybridized carbons (Fsp3) is 0.333. The fourth-order valence-corrected chi connectivity index (χ4v) is 5.70. The zero-order valence-corrected chi connectivity index (χ0v) is 25.5. The summed E-state index contributed by atoms with van der Waals surface area (Å²) in [5.74, 6) is -1.10. The number of unbranched alkanes of at least 4 members (excludes halogenated alkanes) is 1. The minimum absolute atomic E-state index is 0.0199. The molecule has 0 fully saturated rings. The van der Waals surface area contributed by atoms with E-state index in [4.69, 9.17) is 21.1 Å². The molecule has 0 heterocycles. The van der Waals surface area contributed by atoms with E-state index in [1.54, 1.807) is 31.2 Å². The molecule has 9 nitrogen and oxygen atoms in total. The molecule has 0 aromatic heterocycles. The zero-order chi connectivity index (χ0) is 30.9. The Hall–Kier alpha value is -3.83. The molecule has 2 amide bonds. The van der Waals surface area contributed by atoms with Gasteiger partial charge in [-0.2, -0.15) is 0 Å². The van der Waals surface area contributed by atoms with Gasteiger partial charge in [0, 0.05) is 24.2 Å². The Kier molecular flexibility index (Phi) is 11.6. The highest BCUT2D eigenvalue weighted by Gasteiger charge is 2.33. The molecule has 0 spiro atoms. The molecular formula is C30H35ClFN3O6S. The maximum absolute atomic E-state index is 14.0. The predicted octanol–water partition coefficient (Wildman–Crippen LogP) is 5.03. The monoisotopic (exact) mass is 619 g/mol. The maximum Gasteiger partial charge on any atom is 0.264 e. The first-order valence-corrected chi connectivity index (χ1v) is 15.2. The van der Waals surface area contributed by atoms with E-state index in [2.05, 4.69) is 5.32 Å². The lowest BCUT2D eigenvalue weighted by Crippen LogP contribution is -2.51. The molecule has 1 unspecified atom stereocenters. The van der Waals surface area contributed by atoms with Gasteiger partial charge in [0.15, 0.2) is 11.5 Å². The minimum Gasteiger partial charge on any atom is -0.493 e. The lowest BCUT2D eigenvalue weighted by molar-refractivity contribution is -0.139. The van der Waals surface area contributed by atoms with Crippen molar-refractivity contribution < 1.29 is 31.9 Å². The lowest BCUT2D eigenvalue weighted by Gasteiger charge is -2.32. The number of ether oxygens (including phenoxy) is 2. The van der Waals surface area contributed by atoms with Crippen LogP contribution < -0.4 is 19.1 Å². The Balaban J connectivity index is 2.03. The van der Waals surface area contributed by atoms with E-state index in [1.165, 1.54) is 49.5 Å². The van der Waals surface area contributed by atoms with Gasteiger partial charge in [-0.25, -0.2) is 12.8 Å². The molecule has 0 saturated heterocycles. The van der Waals surface area contributed by atoms with Gasteiger partial charge in [0.2, 0.25) is 11.8 Å².